The fourth-order valence-electron chi connectivity index (χ4n) is 12.0. The average Bonchev–Trinajstić information content (AvgIpc) is 4.10. The summed E-state index contributed by atoms with van der Waals surface area (Å²) in [6.45, 7) is 15.0. The van der Waals surface area contributed by atoms with Gasteiger partial charge in [0.15, 0.2) is 5.78 Å². The lowest BCUT2D eigenvalue weighted by atomic mass is 9.77. The van der Waals surface area contributed by atoms with Crippen LogP contribution in [0.4, 0.5) is 0 Å². The van der Waals surface area contributed by atoms with Crippen molar-refractivity contribution in [2.45, 2.75) is 219 Å². The van der Waals surface area contributed by atoms with Crippen LogP contribution in [-0.2, 0) is 51.2 Å². The fourth-order valence-corrected chi connectivity index (χ4v) is 12.0. The number of aryl methyl sites for hydroxylation is 2. The third-order valence-corrected chi connectivity index (χ3v) is 16.8. The van der Waals surface area contributed by atoms with E-state index in [-0.39, 0.29) is 78.2 Å². The Bertz CT molecular complexity index is 2270. The Hall–Kier alpha value is -5.68. The molecule has 1 heterocycles. The predicted molar refractivity (Wildman–Crippen MR) is 302 cm³/mol. The number of likely N-dealkylation sites (N-methyl/N-ethyl adjacent to an activating group) is 2. The smallest absolute Gasteiger partial charge is 0.246 e. The van der Waals surface area contributed by atoms with Crippen LogP contribution in [-0.4, -0.2) is 115 Å². The summed E-state index contributed by atoms with van der Waals surface area (Å²) in [5, 5.41) is 24.6. The quantitative estimate of drug-likeness (QED) is 0.0577. The van der Waals surface area contributed by atoms with Gasteiger partial charge < -0.3 is 47.4 Å². The molecule has 17 heteroatoms. The molecule has 0 radical (unpaired) electrons. The van der Waals surface area contributed by atoms with Crippen molar-refractivity contribution < 1.29 is 38.4 Å². The van der Waals surface area contributed by atoms with Crippen LogP contribution < -0.4 is 42.5 Å². The number of hydrogen-bond acceptors (Lipinski definition) is 10. The van der Waals surface area contributed by atoms with Gasteiger partial charge in [-0.25, -0.2) is 0 Å². The second kappa shape index (κ2) is 28.0. The molecule has 17 nitrogen and oxygen atoms in total. The first-order chi connectivity index (χ1) is 37.0. The maximum Gasteiger partial charge on any atom is 0.246 e. The van der Waals surface area contributed by atoms with E-state index in [2.05, 4.69) is 60.7 Å². The number of ketones is 1. The number of amides is 7. The van der Waals surface area contributed by atoms with Crippen LogP contribution in [0.3, 0.4) is 0 Å². The van der Waals surface area contributed by atoms with Crippen molar-refractivity contribution in [3.8, 4) is 0 Å². The summed E-state index contributed by atoms with van der Waals surface area (Å²) < 4.78 is 0. The largest absolute Gasteiger partial charge is 0.353 e. The molecule has 1 unspecified atom stereocenters. The van der Waals surface area contributed by atoms with E-state index in [0.29, 0.717) is 38.5 Å². The van der Waals surface area contributed by atoms with Gasteiger partial charge in [0.05, 0.1) is 30.2 Å². The van der Waals surface area contributed by atoms with Crippen molar-refractivity contribution in [1.82, 2.24) is 47.4 Å². The van der Waals surface area contributed by atoms with E-state index in [9.17, 15) is 38.4 Å². The molecular weight excluding hydrogens is 987 g/mol. The van der Waals surface area contributed by atoms with E-state index in [1.165, 1.54) is 11.1 Å². The Balaban J connectivity index is 0.978. The SMILES string of the molecule is CN[C@@H](C)C(=O)N[C@H](C(=O)C1C[C@@H](NC(=O)CCCCCCCCC(=O)N[C@H]2C[C@@H](C(=O)N[C@@H]3CCCc4ccccc43)N(C(=O)[C@@H](NC(=O)[C@H](C)NC)C(C)(C)C)C2)C[C@H]1C(=O)N[C@@H]1CCCc2ccccc21)C(C)(C)C. The Kier molecular flexibility index (Phi) is 22.1. The van der Waals surface area contributed by atoms with Gasteiger partial charge >= 0.3 is 0 Å². The van der Waals surface area contributed by atoms with Crippen molar-refractivity contribution in [3.05, 3.63) is 70.8 Å². The summed E-state index contributed by atoms with van der Waals surface area (Å²) >= 11 is 0. The standard InChI is InChI=1S/C61H93N9O8/c1-37(62-9)55(74)68-53(60(3,4)5)52(73)45-33-41(34-46(45)57(76)66-47-29-21-25-39-23-17-19-27-43(39)47)64-50(71)31-15-13-11-12-14-16-32-51(72)65-42-35-49(58(77)67-48-30-22-26-40-24-18-20-28-44(40)48)70(36-42)59(78)54(61(6,7)8)69-56(75)38(2)63-10/h17-20,23-24,27-28,37-38,41-42,45-49,53-54,62-63H,11-16,21-22,25-26,29-36H2,1-10H3,(H,64,71)(H,65,72)(H,66,76)(H,67,77)(H,68,74)(H,69,75)/t37-,38-,41+,42-,45?,46+,47+,48+,49-,53+,54+/m0/s1. The van der Waals surface area contributed by atoms with E-state index < -0.39 is 58.9 Å². The van der Waals surface area contributed by atoms with E-state index in [1.807, 2.05) is 71.9 Å². The highest BCUT2D eigenvalue weighted by molar-refractivity contribution is 5.97. The minimum absolute atomic E-state index is 0.123. The van der Waals surface area contributed by atoms with Crippen LogP contribution >= 0.6 is 0 Å². The average molecular weight is 1080 g/mol. The maximum absolute atomic E-state index is 14.6. The molecule has 7 amide bonds. The second-order valence-electron chi connectivity index (χ2n) is 24.9. The van der Waals surface area contributed by atoms with Crippen molar-refractivity contribution in [2.75, 3.05) is 20.6 Å². The topological polar surface area (TPSA) is 236 Å². The second-order valence-corrected chi connectivity index (χ2v) is 24.9. The van der Waals surface area contributed by atoms with E-state index in [4.69, 9.17) is 0 Å². The zero-order valence-electron chi connectivity index (χ0n) is 48.4. The highest BCUT2D eigenvalue weighted by atomic mass is 16.2. The van der Waals surface area contributed by atoms with Crippen LogP contribution in [0, 0.1) is 22.7 Å². The summed E-state index contributed by atoms with van der Waals surface area (Å²) in [6.07, 6.45) is 11.6. The number of unbranched alkanes of at least 4 members (excludes halogenated alkanes) is 5. The molecule has 2 fully saturated rings. The van der Waals surface area contributed by atoms with Crippen molar-refractivity contribution in [1.29, 1.82) is 0 Å². The van der Waals surface area contributed by atoms with Gasteiger partial charge in [0, 0.05) is 43.3 Å². The number of carbonyl (C=O) groups is 8. The Morgan fingerprint density at radius 1 is 0.551 bits per heavy atom. The lowest BCUT2D eigenvalue weighted by molar-refractivity contribution is -0.144. The number of carbonyl (C=O) groups excluding carboxylic acids is 8. The summed E-state index contributed by atoms with van der Waals surface area (Å²) in [6, 6.07) is 11.4. The molecule has 6 rings (SSSR count). The van der Waals surface area contributed by atoms with Gasteiger partial charge in [-0.1, -0.05) is 116 Å². The molecule has 3 aliphatic carbocycles. The molecule has 1 aliphatic heterocycles. The normalized spacial score (nSPS) is 23.6. The molecule has 4 aliphatic rings. The summed E-state index contributed by atoms with van der Waals surface area (Å²) in [5.74, 6) is -3.30. The molecule has 2 aromatic rings. The van der Waals surface area contributed by atoms with Gasteiger partial charge in [-0.2, -0.15) is 0 Å². The molecule has 11 atom stereocenters. The van der Waals surface area contributed by atoms with E-state index >= 15 is 0 Å². The third kappa shape index (κ3) is 16.5. The van der Waals surface area contributed by atoms with Gasteiger partial charge in [0.1, 0.15) is 12.1 Å². The molecule has 0 aromatic heterocycles. The van der Waals surface area contributed by atoms with Crippen molar-refractivity contribution in [2.24, 2.45) is 22.7 Å². The van der Waals surface area contributed by atoms with Gasteiger partial charge in [-0.15, -0.1) is 0 Å². The molecule has 0 spiro atoms. The lowest BCUT2D eigenvalue weighted by Gasteiger charge is -2.36. The summed E-state index contributed by atoms with van der Waals surface area (Å²) in [7, 11) is 3.36. The van der Waals surface area contributed by atoms with Crippen molar-refractivity contribution in [3.63, 3.8) is 0 Å². The van der Waals surface area contributed by atoms with Gasteiger partial charge in [-0.3, -0.25) is 38.4 Å². The number of Topliss-reactive ketones (excluding diaryl/α,β-unsaturated/α-hetero) is 1. The van der Waals surface area contributed by atoms with E-state index in [1.54, 1.807) is 32.8 Å². The Labute approximate surface area is 464 Å². The van der Waals surface area contributed by atoms with Crippen LogP contribution in [0.5, 0.6) is 0 Å². The summed E-state index contributed by atoms with van der Waals surface area (Å²) in [4.78, 5) is 112. The monoisotopic (exact) mass is 1080 g/mol. The number of nitrogens with one attached hydrogen (secondary N) is 8. The van der Waals surface area contributed by atoms with Gasteiger partial charge in [0.2, 0.25) is 41.4 Å². The lowest BCUT2D eigenvalue weighted by Crippen LogP contribution is -2.59. The molecule has 2 aromatic carbocycles. The van der Waals surface area contributed by atoms with Gasteiger partial charge in [0.25, 0.3) is 0 Å². The molecule has 0 bridgehead atoms. The number of likely N-dealkylation sites (tertiary alicyclic amines) is 1. The summed E-state index contributed by atoms with van der Waals surface area (Å²) in [5.41, 5.74) is 3.31. The fraction of sp³-hybridized carbons (Fsp3) is 0.672. The minimum Gasteiger partial charge on any atom is -0.353 e. The number of nitrogens with zero attached hydrogens (tertiary/aromatic N) is 1. The predicted octanol–water partition coefficient (Wildman–Crippen LogP) is 5.94. The highest BCUT2D eigenvalue weighted by Crippen LogP contribution is 2.39. The van der Waals surface area contributed by atoms with Crippen LogP contribution in [0.2, 0.25) is 0 Å². The van der Waals surface area contributed by atoms with Crippen LogP contribution in [0.15, 0.2) is 48.5 Å². The molecule has 8 N–H and O–H groups in total. The first-order valence-corrected chi connectivity index (χ1v) is 29.1. The first-order valence-electron chi connectivity index (χ1n) is 29.1. The third-order valence-electron chi connectivity index (χ3n) is 16.8. The molecular formula is C61H93N9O8. The zero-order valence-corrected chi connectivity index (χ0v) is 48.4. The number of hydrogen-bond donors (Lipinski definition) is 8. The van der Waals surface area contributed by atoms with Gasteiger partial charge in [-0.05, 0) is 132 Å². The zero-order chi connectivity index (χ0) is 56.9. The molecule has 78 heavy (non-hydrogen) atoms. The highest BCUT2D eigenvalue weighted by Gasteiger charge is 2.49. The Morgan fingerprint density at radius 3 is 1.50 bits per heavy atom. The van der Waals surface area contributed by atoms with E-state index in [0.717, 1.165) is 75.3 Å². The van der Waals surface area contributed by atoms with Crippen LogP contribution in [0.25, 0.3) is 0 Å². The van der Waals surface area contributed by atoms with Crippen LogP contribution in [0.1, 0.15) is 186 Å². The number of benzene rings is 2. The Morgan fingerprint density at radius 2 is 1.00 bits per heavy atom. The number of fused-ring (bicyclic) bond motifs is 2. The minimum atomic E-state index is -0.910. The van der Waals surface area contributed by atoms with Crippen molar-refractivity contribution >= 4 is 47.1 Å². The first kappa shape index (κ1) is 61.5. The number of rotatable bonds is 24. The maximum atomic E-state index is 14.6. The molecule has 430 valence electrons. The molecule has 1 saturated carbocycles. The molecule has 1 saturated heterocycles.